The third-order valence-corrected chi connectivity index (χ3v) is 3.33. The molecule has 1 N–H and O–H groups in total. The van der Waals surface area contributed by atoms with E-state index in [0.29, 0.717) is 12.1 Å². The number of aromatic nitrogens is 2. The Morgan fingerprint density at radius 2 is 2.00 bits per heavy atom. The van der Waals surface area contributed by atoms with Crippen molar-refractivity contribution in [2.75, 3.05) is 20.6 Å². The van der Waals surface area contributed by atoms with Gasteiger partial charge in [0.1, 0.15) is 6.33 Å². The van der Waals surface area contributed by atoms with Gasteiger partial charge in [-0.05, 0) is 26.6 Å². The maximum absolute atomic E-state index is 12.1. The fourth-order valence-corrected chi connectivity index (χ4v) is 2.18. The summed E-state index contributed by atoms with van der Waals surface area (Å²) in [6, 6.07) is 8.45. The topological polar surface area (TPSA) is 58.1 Å². The molecule has 5 nitrogen and oxygen atoms in total. The van der Waals surface area contributed by atoms with Gasteiger partial charge in [-0.25, -0.2) is 9.97 Å². The number of nitrogens with zero attached hydrogens (tertiary/aromatic N) is 3. The molecule has 1 heterocycles. The van der Waals surface area contributed by atoms with Crippen molar-refractivity contribution in [1.82, 2.24) is 20.2 Å². The highest BCUT2D eigenvalue weighted by molar-refractivity contribution is 5.93. The van der Waals surface area contributed by atoms with E-state index in [1.807, 2.05) is 20.2 Å². The molecule has 2 rings (SSSR count). The fraction of sp³-hybridized carbons (Fsp3) is 0.312. The number of rotatable bonds is 5. The Hall–Kier alpha value is -2.27. The van der Waals surface area contributed by atoms with Crippen LogP contribution in [0.5, 0.6) is 0 Å². The number of aryl methyl sites for hydroxylation is 1. The molecule has 0 saturated heterocycles. The molecule has 0 bridgehead atoms. The molecule has 0 aliphatic heterocycles. The quantitative estimate of drug-likeness (QED) is 0.910. The van der Waals surface area contributed by atoms with Crippen LogP contribution in [-0.4, -0.2) is 41.4 Å². The zero-order valence-corrected chi connectivity index (χ0v) is 12.6. The molecular formula is C16H20N4O. The summed E-state index contributed by atoms with van der Waals surface area (Å²) < 4.78 is 0. The molecule has 110 valence electrons. The second-order valence-corrected chi connectivity index (χ2v) is 5.23. The van der Waals surface area contributed by atoms with Crippen molar-refractivity contribution in [1.29, 1.82) is 0 Å². The summed E-state index contributed by atoms with van der Waals surface area (Å²) in [5, 5.41) is 2.94. The molecule has 1 aromatic carbocycles. The van der Waals surface area contributed by atoms with Crippen LogP contribution in [0.4, 0.5) is 0 Å². The predicted molar refractivity (Wildman–Crippen MR) is 82.0 cm³/mol. The Balaban J connectivity index is 2.06. The molecule has 1 atom stereocenters. The van der Waals surface area contributed by atoms with Gasteiger partial charge in [-0.3, -0.25) is 4.79 Å². The average Bonchev–Trinajstić information content (AvgIpc) is 2.48. The molecular weight excluding hydrogens is 264 g/mol. The molecule has 5 heteroatoms. The van der Waals surface area contributed by atoms with Crippen LogP contribution in [0, 0.1) is 6.92 Å². The van der Waals surface area contributed by atoms with Crippen molar-refractivity contribution < 1.29 is 4.79 Å². The van der Waals surface area contributed by atoms with E-state index >= 15 is 0 Å². The molecule has 1 unspecified atom stereocenters. The van der Waals surface area contributed by atoms with E-state index in [4.69, 9.17) is 0 Å². The lowest BCUT2D eigenvalue weighted by molar-refractivity contribution is 0.0941. The van der Waals surface area contributed by atoms with Gasteiger partial charge in [0.15, 0.2) is 0 Å². The lowest BCUT2D eigenvalue weighted by atomic mass is 10.0. The third-order valence-electron chi connectivity index (χ3n) is 3.33. The minimum atomic E-state index is -0.157. The van der Waals surface area contributed by atoms with Crippen molar-refractivity contribution >= 4 is 5.91 Å². The van der Waals surface area contributed by atoms with Crippen LogP contribution < -0.4 is 5.32 Å². The van der Waals surface area contributed by atoms with Crippen LogP contribution in [0.1, 0.15) is 27.5 Å². The number of amides is 1. The first kappa shape index (κ1) is 15.1. The Morgan fingerprint density at radius 3 is 2.62 bits per heavy atom. The maximum Gasteiger partial charge on any atom is 0.254 e. The summed E-state index contributed by atoms with van der Waals surface area (Å²) in [6.07, 6.45) is 4.44. The van der Waals surface area contributed by atoms with Crippen LogP contribution in [0.3, 0.4) is 0 Å². The van der Waals surface area contributed by atoms with Crippen LogP contribution in [0.15, 0.2) is 43.0 Å². The van der Waals surface area contributed by atoms with Crippen molar-refractivity contribution in [2.45, 2.75) is 13.0 Å². The average molecular weight is 284 g/mol. The van der Waals surface area contributed by atoms with Gasteiger partial charge in [-0.2, -0.15) is 0 Å². The lowest BCUT2D eigenvalue weighted by Gasteiger charge is -2.25. The van der Waals surface area contributed by atoms with Crippen LogP contribution >= 0.6 is 0 Å². The van der Waals surface area contributed by atoms with Crippen LogP contribution in [0.2, 0.25) is 0 Å². The van der Waals surface area contributed by atoms with E-state index in [1.54, 1.807) is 0 Å². The van der Waals surface area contributed by atoms with Crippen LogP contribution in [-0.2, 0) is 0 Å². The van der Waals surface area contributed by atoms with Crippen molar-refractivity contribution in [3.05, 3.63) is 59.7 Å². The first-order valence-electron chi connectivity index (χ1n) is 6.84. The van der Waals surface area contributed by atoms with Gasteiger partial charge >= 0.3 is 0 Å². The van der Waals surface area contributed by atoms with E-state index < -0.39 is 0 Å². The van der Waals surface area contributed by atoms with E-state index in [2.05, 4.69) is 45.3 Å². The Morgan fingerprint density at radius 1 is 1.29 bits per heavy atom. The van der Waals surface area contributed by atoms with E-state index in [0.717, 1.165) is 0 Å². The second kappa shape index (κ2) is 6.95. The second-order valence-electron chi connectivity index (χ2n) is 5.23. The summed E-state index contributed by atoms with van der Waals surface area (Å²) in [6.45, 7) is 2.60. The highest BCUT2D eigenvalue weighted by Gasteiger charge is 2.16. The first-order valence-corrected chi connectivity index (χ1v) is 6.84. The maximum atomic E-state index is 12.1. The van der Waals surface area contributed by atoms with Gasteiger partial charge in [-0.1, -0.05) is 29.8 Å². The smallest absolute Gasteiger partial charge is 0.254 e. The Labute approximate surface area is 125 Å². The number of likely N-dealkylation sites (N-methyl/N-ethyl adjacent to an activating group) is 1. The van der Waals surface area contributed by atoms with Gasteiger partial charge in [-0.15, -0.1) is 0 Å². The molecule has 0 aliphatic carbocycles. The van der Waals surface area contributed by atoms with Crippen molar-refractivity contribution in [2.24, 2.45) is 0 Å². The first-order chi connectivity index (χ1) is 10.1. The summed E-state index contributed by atoms with van der Waals surface area (Å²) in [7, 11) is 4.01. The monoisotopic (exact) mass is 284 g/mol. The Kier molecular flexibility index (Phi) is 5.00. The van der Waals surface area contributed by atoms with Gasteiger partial charge < -0.3 is 10.2 Å². The number of hydrogen-bond acceptors (Lipinski definition) is 4. The number of carbonyl (C=O) groups is 1. The van der Waals surface area contributed by atoms with Crippen LogP contribution in [0.25, 0.3) is 0 Å². The molecule has 1 aromatic heterocycles. The van der Waals surface area contributed by atoms with Gasteiger partial charge in [0.25, 0.3) is 5.91 Å². The summed E-state index contributed by atoms with van der Waals surface area (Å²) in [5.41, 5.74) is 2.87. The molecule has 21 heavy (non-hydrogen) atoms. The van der Waals surface area contributed by atoms with E-state index in [9.17, 15) is 4.79 Å². The van der Waals surface area contributed by atoms with Crippen molar-refractivity contribution in [3.8, 4) is 0 Å². The number of hydrogen-bond donors (Lipinski definition) is 1. The molecule has 0 fully saturated rings. The normalized spacial score (nSPS) is 12.2. The fourth-order valence-electron chi connectivity index (χ4n) is 2.18. The standard InChI is InChI=1S/C16H20N4O/c1-12-5-4-6-13(7-12)15(20(2)3)10-19-16(21)14-8-17-11-18-9-14/h4-9,11,15H,10H2,1-3H3,(H,19,21). The van der Waals surface area contributed by atoms with E-state index in [-0.39, 0.29) is 11.9 Å². The number of carbonyl (C=O) groups excluding carboxylic acids is 1. The number of benzene rings is 1. The molecule has 0 radical (unpaired) electrons. The van der Waals surface area contributed by atoms with Gasteiger partial charge in [0.05, 0.1) is 11.6 Å². The summed E-state index contributed by atoms with van der Waals surface area (Å²) in [5.74, 6) is -0.157. The SMILES string of the molecule is Cc1cccc(C(CNC(=O)c2cncnc2)N(C)C)c1. The molecule has 0 saturated carbocycles. The largest absolute Gasteiger partial charge is 0.350 e. The Bertz CT molecular complexity index is 598. The molecule has 2 aromatic rings. The predicted octanol–water partition coefficient (Wildman–Crippen LogP) is 1.82. The van der Waals surface area contributed by atoms with Gasteiger partial charge in [0.2, 0.25) is 0 Å². The summed E-state index contributed by atoms with van der Waals surface area (Å²) in [4.78, 5) is 21.9. The third kappa shape index (κ3) is 4.10. The molecule has 0 aliphatic rings. The lowest BCUT2D eigenvalue weighted by Crippen LogP contribution is -2.34. The minimum absolute atomic E-state index is 0.124. The van der Waals surface area contributed by atoms with E-state index in [1.165, 1.54) is 29.8 Å². The molecule has 0 spiro atoms. The minimum Gasteiger partial charge on any atom is -0.350 e. The van der Waals surface area contributed by atoms with Crippen molar-refractivity contribution in [3.63, 3.8) is 0 Å². The summed E-state index contributed by atoms with van der Waals surface area (Å²) >= 11 is 0. The zero-order valence-electron chi connectivity index (χ0n) is 12.6. The molecule has 1 amide bonds. The highest BCUT2D eigenvalue weighted by atomic mass is 16.1. The zero-order chi connectivity index (χ0) is 15.2. The number of nitrogens with one attached hydrogen (secondary N) is 1. The van der Waals surface area contributed by atoms with Gasteiger partial charge in [0, 0.05) is 18.9 Å². The highest BCUT2D eigenvalue weighted by Crippen LogP contribution is 2.18.